The second-order valence-corrected chi connectivity index (χ2v) is 6.96. The van der Waals surface area contributed by atoms with Crippen LogP contribution in [0.2, 0.25) is 0 Å². The number of carbonyl (C=O) groups is 2. The Balaban J connectivity index is 1.90. The zero-order chi connectivity index (χ0) is 19.4. The van der Waals surface area contributed by atoms with Gasteiger partial charge in [0.15, 0.2) is 11.5 Å². The van der Waals surface area contributed by atoms with E-state index in [0.29, 0.717) is 17.9 Å². The fourth-order valence-corrected chi connectivity index (χ4v) is 3.77. The van der Waals surface area contributed by atoms with Crippen LogP contribution in [-0.4, -0.2) is 41.9 Å². The maximum atomic E-state index is 12.6. The second-order valence-electron chi connectivity index (χ2n) is 5.98. The highest BCUT2D eigenvalue weighted by atomic mass is 32.1. The van der Waals surface area contributed by atoms with E-state index in [2.05, 4.69) is 5.10 Å². The average Bonchev–Trinajstić information content (AvgIpc) is 3.34. The van der Waals surface area contributed by atoms with Crippen molar-refractivity contribution in [1.82, 2.24) is 5.01 Å². The Morgan fingerprint density at radius 3 is 2.63 bits per heavy atom. The minimum absolute atomic E-state index is 0.0834. The number of hydrogen-bond acceptors (Lipinski definition) is 6. The fraction of sp³-hybridized carbons (Fsp3) is 0.316. The molecule has 0 radical (unpaired) electrons. The van der Waals surface area contributed by atoms with E-state index < -0.39 is 5.97 Å². The third-order valence-electron chi connectivity index (χ3n) is 4.31. The minimum Gasteiger partial charge on any atom is -0.493 e. The molecule has 0 spiro atoms. The molecular formula is C19H20N2O5S. The summed E-state index contributed by atoms with van der Waals surface area (Å²) in [6.07, 6.45) is 0.252. The lowest BCUT2D eigenvalue weighted by Crippen LogP contribution is -2.26. The van der Waals surface area contributed by atoms with E-state index in [9.17, 15) is 9.59 Å². The largest absolute Gasteiger partial charge is 0.493 e. The van der Waals surface area contributed by atoms with Gasteiger partial charge in [0.2, 0.25) is 5.91 Å². The van der Waals surface area contributed by atoms with Crippen molar-refractivity contribution in [3.8, 4) is 11.5 Å². The van der Waals surface area contributed by atoms with Gasteiger partial charge in [0.1, 0.15) is 0 Å². The molecule has 0 fully saturated rings. The summed E-state index contributed by atoms with van der Waals surface area (Å²) in [6.45, 7) is 0. The molecule has 27 heavy (non-hydrogen) atoms. The van der Waals surface area contributed by atoms with E-state index >= 15 is 0 Å². The number of hydrogen-bond donors (Lipinski definition) is 1. The summed E-state index contributed by atoms with van der Waals surface area (Å²) in [4.78, 5) is 24.4. The lowest BCUT2D eigenvalue weighted by molar-refractivity contribution is -0.141. The van der Waals surface area contributed by atoms with E-state index in [-0.39, 0.29) is 24.8 Å². The van der Waals surface area contributed by atoms with Crippen molar-refractivity contribution in [2.45, 2.75) is 25.3 Å². The number of rotatable bonds is 7. The number of benzene rings is 1. The van der Waals surface area contributed by atoms with Gasteiger partial charge in [-0.15, -0.1) is 11.3 Å². The summed E-state index contributed by atoms with van der Waals surface area (Å²) in [6, 6.07) is 9.15. The minimum atomic E-state index is -1.00. The van der Waals surface area contributed by atoms with E-state index in [1.807, 2.05) is 29.6 Å². The molecule has 0 saturated carbocycles. The predicted molar refractivity (Wildman–Crippen MR) is 101 cm³/mol. The first-order valence-corrected chi connectivity index (χ1v) is 9.28. The third kappa shape index (κ3) is 4.11. The number of methoxy groups -OCH3 is 2. The van der Waals surface area contributed by atoms with Crippen molar-refractivity contribution in [3.63, 3.8) is 0 Å². The third-order valence-corrected chi connectivity index (χ3v) is 5.28. The summed E-state index contributed by atoms with van der Waals surface area (Å²) < 4.78 is 10.6. The number of carboxylic acids is 1. The van der Waals surface area contributed by atoms with Crippen molar-refractivity contribution in [2.24, 2.45) is 5.10 Å². The van der Waals surface area contributed by atoms with Crippen molar-refractivity contribution >= 4 is 28.9 Å². The van der Waals surface area contributed by atoms with Crippen LogP contribution in [-0.2, 0) is 9.59 Å². The molecule has 1 aromatic heterocycles. The maximum Gasteiger partial charge on any atom is 0.303 e. The van der Waals surface area contributed by atoms with Gasteiger partial charge in [0.05, 0.1) is 32.4 Å². The maximum absolute atomic E-state index is 12.6. The molecule has 7 nitrogen and oxygen atoms in total. The SMILES string of the molecule is COc1ccc(C2=NN(C(=O)CCC(=O)O)[C@H](c3cccs3)C2)cc1OC. The summed E-state index contributed by atoms with van der Waals surface area (Å²) >= 11 is 1.55. The van der Waals surface area contributed by atoms with E-state index in [1.165, 1.54) is 5.01 Å². The monoisotopic (exact) mass is 388 g/mol. The smallest absolute Gasteiger partial charge is 0.303 e. The molecule has 3 rings (SSSR count). The summed E-state index contributed by atoms with van der Waals surface area (Å²) in [5.74, 6) is -0.101. The second kappa shape index (κ2) is 8.22. The lowest BCUT2D eigenvalue weighted by atomic mass is 10.0. The molecule has 0 aliphatic carbocycles. The number of ether oxygens (including phenoxy) is 2. The molecule has 1 aliphatic rings. The van der Waals surface area contributed by atoms with Gasteiger partial charge >= 0.3 is 5.97 Å². The predicted octanol–water partition coefficient (Wildman–Crippen LogP) is 3.31. The number of aliphatic carboxylic acids is 1. The number of hydrazone groups is 1. The number of amides is 1. The Kier molecular flexibility index (Phi) is 5.75. The molecule has 142 valence electrons. The van der Waals surface area contributed by atoms with Gasteiger partial charge in [-0.25, -0.2) is 5.01 Å². The van der Waals surface area contributed by atoms with Crippen LogP contribution in [0.4, 0.5) is 0 Å². The number of nitrogens with zero attached hydrogens (tertiary/aromatic N) is 2. The molecule has 2 heterocycles. The van der Waals surface area contributed by atoms with Crippen LogP contribution >= 0.6 is 11.3 Å². The van der Waals surface area contributed by atoms with Crippen LogP contribution in [0.25, 0.3) is 0 Å². The Bertz CT molecular complexity index is 863. The average molecular weight is 388 g/mol. The number of carbonyl (C=O) groups excluding carboxylic acids is 1. The summed E-state index contributed by atoms with van der Waals surface area (Å²) in [7, 11) is 3.13. The van der Waals surface area contributed by atoms with Crippen molar-refractivity contribution in [1.29, 1.82) is 0 Å². The lowest BCUT2D eigenvalue weighted by Gasteiger charge is -2.20. The quantitative estimate of drug-likeness (QED) is 0.786. The van der Waals surface area contributed by atoms with E-state index in [4.69, 9.17) is 14.6 Å². The van der Waals surface area contributed by atoms with Crippen LogP contribution in [0.3, 0.4) is 0 Å². The van der Waals surface area contributed by atoms with Gasteiger partial charge in [-0.1, -0.05) is 6.07 Å². The first-order chi connectivity index (χ1) is 13.0. The fourth-order valence-electron chi connectivity index (χ4n) is 2.96. The molecule has 1 atom stereocenters. The molecule has 1 aromatic carbocycles. The first-order valence-electron chi connectivity index (χ1n) is 8.40. The molecule has 2 aromatic rings. The van der Waals surface area contributed by atoms with Crippen LogP contribution < -0.4 is 9.47 Å². The zero-order valence-electron chi connectivity index (χ0n) is 15.0. The van der Waals surface area contributed by atoms with Crippen molar-refractivity contribution in [2.75, 3.05) is 14.2 Å². The normalized spacial score (nSPS) is 16.1. The van der Waals surface area contributed by atoms with Crippen LogP contribution in [0.5, 0.6) is 11.5 Å². The standard InChI is InChI=1S/C19H20N2O5S/c1-25-15-6-5-12(10-16(15)26-2)13-11-14(17-4-3-9-27-17)21(20-13)18(22)7-8-19(23)24/h3-6,9-10,14H,7-8,11H2,1-2H3,(H,23,24)/t14-/m0/s1. The zero-order valence-corrected chi connectivity index (χ0v) is 15.9. The Morgan fingerprint density at radius 1 is 1.22 bits per heavy atom. The molecule has 1 N–H and O–H groups in total. The van der Waals surface area contributed by atoms with Gasteiger partial charge in [0, 0.05) is 23.3 Å². The Morgan fingerprint density at radius 2 is 2.00 bits per heavy atom. The molecule has 0 unspecified atom stereocenters. The summed E-state index contributed by atoms with van der Waals surface area (Å²) in [5, 5.41) is 16.7. The van der Waals surface area contributed by atoms with Gasteiger partial charge < -0.3 is 14.6 Å². The topological polar surface area (TPSA) is 88.4 Å². The van der Waals surface area contributed by atoms with Gasteiger partial charge in [-0.2, -0.15) is 5.10 Å². The van der Waals surface area contributed by atoms with Gasteiger partial charge in [0.25, 0.3) is 0 Å². The van der Waals surface area contributed by atoms with E-state index in [1.54, 1.807) is 31.6 Å². The highest BCUT2D eigenvalue weighted by Gasteiger charge is 2.33. The first kappa shape index (κ1) is 18.9. The molecule has 0 bridgehead atoms. The number of carboxylic acid groups (broad SMARTS) is 1. The highest BCUT2D eigenvalue weighted by Crippen LogP contribution is 2.37. The van der Waals surface area contributed by atoms with Gasteiger partial charge in [-0.3, -0.25) is 9.59 Å². The van der Waals surface area contributed by atoms with E-state index in [0.717, 1.165) is 16.2 Å². The van der Waals surface area contributed by atoms with Crippen molar-refractivity contribution < 1.29 is 24.2 Å². The molecular weight excluding hydrogens is 368 g/mol. The van der Waals surface area contributed by atoms with Gasteiger partial charge in [-0.05, 0) is 29.6 Å². The Labute approximate surface area is 160 Å². The Hall–Kier alpha value is -2.87. The number of thiophene rings is 1. The van der Waals surface area contributed by atoms with Crippen LogP contribution in [0.15, 0.2) is 40.8 Å². The molecule has 1 aliphatic heterocycles. The van der Waals surface area contributed by atoms with Crippen LogP contribution in [0.1, 0.15) is 35.7 Å². The molecule has 1 amide bonds. The van der Waals surface area contributed by atoms with Crippen LogP contribution in [0, 0.1) is 0 Å². The molecule has 0 saturated heterocycles. The molecule has 8 heteroatoms. The van der Waals surface area contributed by atoms with Crippen molar-refractivity contribution in [3.05, 3.63) is 46.2 Å². The highest BCUT2D eigenvalue weighted by molar-refractivity contribution is 7.10. The summed E-state index contributed by atoms with van der Waals surface area (Å²) in [5.41, 5.74) is 1.58.